The maximum absolute atomic E-state index is 11.7. The molecule has 0 fully saturated rings. The van der Waals surface area contributed by atoms with Gasteiger partial charge in [0.1, 0.15) is 6.04 Å². The molecule has 0 heterocycles. The highest BCUT2D eigenvalue weighted by Gasteiger charge is 2.21. The fourth-order valence-corrected chi connectivity index (χ4v) is 2.84. The Labute approximate surface area is 155 Å². The number of hydrogen-bond donors (Lipinski definition) is 4. The van der Waals surface area contributed by atoms with Gasteiger partial charge in [-0.05, 0) is 12.8 Å². The molecular formula is C17H33N3O4S. The monoisotopic (exact) mass is 375 g/mol. The Morgan fingerprint density at radius 1 is 0.880 bits per heavy atom. The van der Waals surface area contributed by atoms with Crippen LogP contribution in [-0.4, -0.2) is 47.2 Å². The molecule has 0 saturated heterocycles. The molecule has 4 N–H and O–H groups in total. The number of rotatable bonds is 14. The Bertz CT molecular complexity index is 394. The number of carboxylic acid groups (broad SMARTS) is 1. The molecule has 0 spiro atoms. The van der Waals surface area contributed by atoms with Gasteiger partial charge in [-0.15, -0.1) is 0 Å². The van der Waals surface area contributed by atoms with Gasteiger partial charge in [-0.1, -0.05) is 64.1 Å². The second-order valence-corrected chi connectivity index (χ2v) is 6.93. The van der Waals surface area contributed by atoms with Crippen molar-refractivity contribution in [2.75, 3.05) is 18.8 Å². The Morgan fingerprint density at radius 2 is 1.44 bits per heavy atom. The normalized spacial score (nSPS) is 11.6. The molecule has 0 unspecified atom stereocenters. The predicted molar refractivity (Wildman–Crippen MR) is 102 cm³/mol. The van der Waals surface area contributed by atoms with E-state index in [9.17, 15) is 14.4 Å². The molecule has 25 heavy (non-hydrogen) atoms. The molecule has 1 atom stereocenters. The van der Waals surface area contributed by atoms with Gasteiger partial charge < -0.3 is 21.1 Å². The SMILES string of the molecule is CCCCCCNC(=O)N[C@H](CSC(=O)NCCCCCC)C(=O)O. The fraction of sp³-hybridized carbons (Fsp3) is 0.824. The molecule has 3 amide bonds. The Morgan fingerprint density at radius 3 is 1.96 bits per heavy atom. The van der Waals surface area contributed by atoms with Crippen LogP contribution < -0.4 is 16.0 Å². The van der Waals surface area contributed by atoms with Gasteiger partial charge in [-0.2, -0.15) is 0 Å². The minimum absolute atomic E-state index is 0.000614. The van der Waals surface area contributed by atoms with E-state index >= 15 is 0 Å². The Balaban J connectivity index is 3.94. The first-order valence-electron chi connectivity index (χ1n) is 9.19. The van der Waals surface area contributed by atoms with Crippen molar-refractivity contribution in [3.05, 3.63) is 0 Å². The summed E-state index contributed by atoms with van der Waals surface area (Å²) in [4.78, 5) is 34.6. The second-order valence-electron chi connectivity index (χ2n) is 5.94. The van der Waals surface area contributed by atoms with Crippen LogP contribution in [0.15, 0.2) is 0 Å². The van der Waals surface area contributed by atoms with E-state index in [1.165, 1.54) is 0 Å². The molecule has 0 saturated carbocycles. The number of carboxylic acids is 1. The summed E-state index contributed by atoms with van der Waals surface area (Å²) in [6.45, 7) is 5.34. The highest BCUT2D eigenvalue weighted by atomic mass is 32.2. The highest BCUT2D eigenvalue weighted by molar-refractivity contribution is 8.13. The lowest BCUT2D eigenvalue weighted by Gasteiger charge is -2.14. The highest BCUT2D eigenvalue weighted by Crippen LogP contribution is 2.06. The third kappa shape index (κ3) is 14.6. The first-order chi connectivity index (χ1) is 12.0. The zero-order chi connectivity index (χ0) is 18.9. The lowest BCUT2D eigenvalue weighted by molar-refractivity contribution is -0.138. The summed E-state index contributed by atoms with van der Waals surface area (Å²) in [5.41, 5.74) is 0. The van der Waals surface area contributed by atoms with Crippen LogP contribution in [0.5, 0.6) is 0 Å². The molecule has 0 aliphatic carbocycles. The van der Waals surface area contributed by atoms with E-state index in [-0.39, 0.29) is 11.0 Å². The van der Waals surface area contributed by atoms with Crippen LogP contribution >= 0.6 is 11.8 Å². The van der Waals surface area contributed by atoms with Gasteiger partial charge in [0.2, 0.25) is 0 Å². The van der Waals surface area contributed by atoms with Crippen molar-refractivity contribution in [1.29, 1.82) is 0 Å². The number of amides is 3. The van der Waals surface area contributed by atoms with Crippen molar-refractivity contribution >= 4 is 29.0 Å². The number of carbonyl (C=O) groups excluding carboxylic acids is 2. The lowest BCUT2D eigenvalue weighted by atomic mass is 10.2. The van der Waals surface area contributed by atoms with Crippen LogP contribution in [0, 0.1) is 0 Å². The van der Waals surface area contributed by atoms with E-state index < -0.39 is 18.0 Å². The van der Waals surface area contributed by atoms with Crippen LogP contribution in [-0.2, 0) is 4.79 Å². The summed E-state index contributed by atoms with van der Waals surface area (Å²) in [5.74, 6) is -1.15. The molecule has 0 aliphatic rings. The number of nitrogens with one attached hydrogen (secondary N) is 3. The largest absolute Gasteiger partial charge is 0.480 e. The summed E-state index contributed by atoms with van der Waals surface area (Å²) >= 11 is 0.880. The van der Waals surface area contributed by atoms with Gasteiger partial charge >= 0.3 is 12.0 Å². The van der Waals surface area contributed by atoms with Crippen molar-refractivity contribution in [2.45, 2.75) is 71.3 Å². The van der Waals surface area contributed by atoms with Gasteiger partial charge in [0.05, 0.1) is 0 Å². The number of hydrogen-bond acceptors (Lipinski definition) is 4. The Kier molecular flexibility index (Phi) is 15.1. The number of unbranched alkanes of at least 4 members (excludes halogenated alkanes) is 6. The zero-order valence-corrected chi connectivity index (χ0v) is 16.3. The first-order valence-corrected chi connectivity index (χ1v) is 10.2. The van der Waals surface area contributed by atoms with Gasteiger partial charge in [0.25, 0.3) is 5.24 Å². The molecule has 0 aromatic heterocycles. The van der Waals surface area contributed by atoms with Crippen molar-refractivity contribution in [2.24, 2.45) is 0 Å². The van der Waals surface area contributed by atoms with Crippen molar-refractivity contribution in [3.63, 3.8) is 0 Å². The average molecular weight is 376 g/mol. The van der Waals surface area contributed by atoms with Gasteiger partial charge in [0.15, 0.2) is 0 Å². The maximum Gasteiger partial charge on any atom is 0.327 e. The molecule has 0 aliphatic heterocycles. The van der Waals surface area contributed by atoms with E-state index in [1.54, 1.807) is 0 Å². The van der Waals surface area contributed by atoms with E-state index in [1.807, 2.05) is 0 Å². The van der Waals surface area contributed by atoms with Crippen LogP contribution in [0.25, 0.3) is 0 Å². The van der Waals surface area contributed by atoms with Crippen LogP contribution in [0.1, 0.15) is 65.2 Å². The number of urea groups is 1. The second kappa shape index (κ2) is 16.1. The molecular weight excluding hydrogens is 342 g/mol. The van der Waals surface area contributed by atoms with E-state index in [2.05, 4.69) is 29.8 Å². The molecule has 0 aromatic carbocycles. The standard InChI is InChI=1S/C17H33N3O4S/c1-3-5-7-9-11-18-16(23)20-14(15(21)22)13-25-17(24)19-12-10-8-6-4-2/h14H,3-13H2,1-2H3,(H,19,24)(H,21,22)(H2,18,20,23)/t14-/m1/s1. The minimum atomic E-state index is -1.15. The predicted octanol–water partition coefficient (Wildman–Crippen LogP) is 3.34. The topological polar surface area (TPSA) is 108 Å². The molecule has 0 radical (unpaired) electrons. The average Bonchev–Trinajstić information content (AvgIpc) is 2.58. The molecule has 146 valence electrons. The van der Waals surface area contributed by atoms with Crippen molar-refractivity contribution in [3.8, 4) is 0 Å². The van der Waals surface area contributed by atoms with E-state index in [4.69, 9.17) is 5.11 Å². The summed E-state index contributed by atoms with van der Waals surface area (Å²) in [6.07, 6.45) is 8.40. The van der Waals surface area contributed by atoms with Crippen molar-refractivity contribution in [1.82, 2.24) is 16.0 Å². The number of thioether (sulfide) groups is 1. The third-order valence-corrected chi connectivity index (χ3v) is 4.51. The van der Waals surface area contributed by atoms with Crippen molar-refractivity contribution < 1.29 is 19.5 Å². The van der Waals surface area contributed by atoms with Crippen LogP contribution in [0.3, 0.4) is 0 Å². The molecule has 7 nitrogen and oxygen atoms in total. The number of aliphatic carboxylic acids is 1. The summed E-state index contributed by atoms with van der Waals surface area (Å²) < 4.78 is 0. The molecule has 0 aromatic rings. The quantitative estimate of drug-likeness (QED) is 0.348. The van der Waals surface area contributed by atoms with Crippen LogP contribution in [0.2, 0.25) is 0 Å². The summed E-state index contributed by atoms with van der Waals surface area (Å²) in [5, 5.41) is 16.7. The molecule has 0 rings (SSSR count). The molecule has 0 bridgehead atoms. The minimum Gasteiger partial charge on any atom is -0.480 e. The lowest BCUT2D eigenvalue weighted by Crippen LogP contribution is -2.47. The third-order valence-electron chi connectivity index (χ3n) is 3.60. The van der Waals surface area contributed by atoms with Crippen LogP contribution in [0.4, 0.5) is 9.59 Å². The van der Waals surface area contributed by atoms with E-state index in [0.29, 0.717) is 13.1 Å². The van der Waals surface area contributed by atoms with E-state index in [0.717, 1.165) is 63.1 Å². The van der Waals surface area contributed by atoms with Gasteiger partial charge in [0, 0.05) is 18.8 Å². The smallest absolute Gasteiger partial charge is 0.327 e. The maximum atomic E-state index is 11.7. The summed E-state index contributed by atoms with van der Waals surface area (Å²) in [7, 11) is 0. The summed E-state index contributed by atoms with van der Waals surface area (Å²) in [6, 6.07) is -1.60. The zero-order valence-electron chi connectivity index (χ0n) is 15.4. The Hall–Kier alpha value is -1.44. The first kappa shape index (κ1) is 23.6. The van der Waals surface area contributed by atoms with Gasteiger partial charge in [-0.25, -0.2) is 9.59 Å². The molecule has 8 heteroatoms. The van der Waals surface area contributed by atoms with Gasteiger partial charge in [-0.3, -0.25) is 4.79 Å². The fourth-order valence-electron chi connectivity index (χ4n) is 2.09. The number of carbonyl (C=O) groups is 3.